The first-order chi connectivity index (χ1) is 8.49. The van der Waals surface area contributed by atoms with Crippen molar-refractivity contribution in [3.63, 3.8) is 0 Å². The maximum absolute atomic E-state index is 10.3. The van der Waals surface area contributed by atoms with Crippen LogP contribution >= 0.6 is 11.3 Å². The number of aliphatic hydroxyl groups is 1. The highest BCUT2D eigenvalue weighted by atomic mass is 32.1. The zero-order valence-electron chi connectivity index (χ0n) is 11.0. The van der Waals surface area contributed by atoms with E-state index in [9.17, 15) is 5.11 Å². The second kappa shape index (κ2) is 5.12. The van der Waals surface area contributed by atoms with Crippen LogP contribution in [0.4, 0.5) is 5.69 Å². The highest BCUT2D eigenvalue weighted by Crippen LogP contribution is 2.29. The van der Waals surface area contributed by atoms with E-state index in [-0.39, 0.29) is 0 Å². The summed E-state index contributed by atoms with van der Waals surface area (Å²) in [6.45, 7) is 6.10. The van der Waals surface area contributed by atoms with Gasteiger partial charge in [0, 0.05) is 27.4 Å². The number of rotatable bonds is 3. The second-order valence-corrected chi connectivity index (χ2v) is 6.12. The van der Waals surface area contributed by atoms with E-state index in [2.05, 4.69) is 19.1 Å². The van der Waals surface area contributed by atoms with Gasteiger partial charge in [-0.05, 0) is 44.0 Å². The summed E-state index contributed by atoms with van der Waals surface area (Å²) < 4.78 is 0. The third-order valence-corrected chi connectivity index (χ3v) is 4.39. The summed E-state index contributed by atoms with van der Waals surface area (Å²) in [5.74, 6) is 0. The number of benzene rings is 1. The molecular formula is C15H19NOS. The molecule has 3 heteroatoms. The monoisotopic (exact) mass is 261 g/mol. The lowest BCUT2D eigenvalue weighted by Crippen LogP contribution is -2.06. The summed E-state index contributed by atoms with van der Waals surface area (Å²) in [4.78, 5) is 2.46. The van der Waals surface area contributed by atoms with Gasteiger partial charge in [-0.1, -0.05) is 12.1 Å². The molecule has 0 aliphatic carbocycles. The van der Waals surface area contributed by atoms with Crippen molar-refractivity contribution in [2.75, 3.05) is 5.73 Å². The van der Waals surface area contributed by atoms with Crippen LogP contribution in [-0.4, -0.2) is 5.11 Å². The Morgan fingerprint density at radius 1 is 1.17 bits per heavy atom. The SMILES string of the molecule is Cc1ccc(CC(O)c2ccc(C)c(C)c2N)s1. The highest BCUT2D eigenvalue weighted by molar-refractivity contribution is 7.11. The number of hydrogen-bond donors (Lipinski definition) is 2. The molecule has 0 saturated heterocycles. The molecule has 0 radical (unpaired) electrons. The molecule has 1 aromatic carbocycles. The molecule has 2 aromatic rings. The van der Waals surface area contributed by atoms with Crippen LogP contribution in [0.1, 0.15) is 32.5 Å². The molecule has 18 heavy (non-hydrogen) atoms. The molecule has 0 bridgehead atoms. The van der Waals surface area contributed by atoms with E-state index in [0.717, 1.165) is 22.4 Å². The molecule has 0 spiro atoms. The lowest BCUT2D eigenvalue weighted by atomic mass is 9.98. The molecular weight excluding hydrogens is 242 g/mol. The lowest BCUT2D eigenvalue weighted by Gasteiger charge is -2.15. The fourth-order valence-electron chi connectivity index (χ4n) is 2.04. The van der Waals surface area contributed by atoms with E-state index in [1.807, 2.05) is 26.0 Å². The molecule has 1 unspecified atom stereocenters. The summed E-state index contributed by atoms with van der Waals surface area (Å²) in [5, 5.41) is 10.3. The molecule has 2 nitrogen and oxygen atoms in total. The van der Waals surface area contributed by atoms with Crippen LogP contribution < -0.4 is 5.73 Å². The van der Waals surface area contributed by atoms with E-state index >= 15 is 0 Å². The smallest absolute Gasteiger partial charge is 0.0858 e. The van der Waals surface area contributed by atoms with Gasteiger partial charge >= 0.3 is 0 Å². The van der Waals surface area contributed by atoms with Gasteiger partial charge in [-0.25, -0.2) is 0 Å². The molecule has 0 aliphatic rings. The van der Waals surface area contributed by atoms with Gasteiger partial charge in [0.05, 0.1) is 6.10 Å². The normalized spacial score (nSPS) is 12.7. The van der Waals surface area contributed by atoms with Crippen molar-refractivity contribution in [2.45, 2.75) is 33.3 Å². The van der Waals surface area contributed by atoms with E-state index in [4.69, 9.17) is 5.73 Å². The van der Waals surface area contributed by atoms with E-state index in [1.54, 1.807) is 11.3 Å². The van der Waals surface area contributed by atoms with Crippen molar-refractivity contribution in [1.29, 1.82) is 0 Å². The Morgan fingerprint density at radius 3 is 2.50 bits per heavy atom. The molecule has 1 heterocycles. The van der Waals surface area contributed by atoms with Crippen LogP contribution in [-0.2, 0) is 6.42 Å². The fourth-order valence-corrected chi connectivity index (χ4v) is 2.97. The van der Waals surface area contributed by atoms with Gasteiger partial charge < -0.3 is 10.8 Å². The average molecular weight is 261 g/mol. The molecule has 3 N–H and O–H groups in total. The number of nitrogen functional groups attached to an aromatic ring is 1. The van der Waals surface area contributed by atoms with Gasteiger partial charge in [0.15, 0.2) is 0 Å². The standard InChI is InChI=1S/C15H19NOS/c1-9-4-7-13(15(16)11(9)3)14(17)8-12-6-5-10(2)18-12/h4-7,14,17H,8,16H2,1-3H3. The van der Waals surface area contributed by atoms with E-state index in [0.29, 0.717) is 6.42 Å². The molecule has 2 rings (SSSR count). The summed E-state index contributed by atoms with van der Waals surface area (Å²) in [5.41, 5.74) is 9.87. The van der Waals surface area contributed by atoms with Crippen LogP contribution in [0.15, 0.2) is 24.3 Å². The van der Waals surface area contributed by atoms with E-state index in [1.165, 1.54) is 9.75 Å². The minimum Gasteiger partial charge on any atom is -0.398 e. The number of aryl methyl sites for hydroxylation is 2. The Labute approximate surface area is 112 Å². The number of thiophene rings is 1. The predicted molar refractivity (Wildman–Crippen MR) is 78.0 cm³/mol. The van der Waals surface area contributed by atoms with Crippen molar-refractivity contribution in [2.24, 2.45) is 0 Å². The maximum atomic E-state index is 10.3. The molecule has 0 aliphatic heterocycles. The van der Waals surface area contributed by atoms with Gasteiger partial charge in [-0.3, -0.25) is 0 Å². The van der Waals surface area contributed by atoms with Crippen molar-refractivity contribution in [3.05, 3.63) is 50.7 Å². The molecule has 1 atom stereocenters. The molecule has 0 saturated carbocycles. The fraction of sp³-hybridized carbons (Fsp3) is 0.333. The highest BCUT2D eigenvalue weighted by Gasteiger charge is 2.14. The Bertz CT molecular complexity index is 560. The molecule has 1 aromatic heterocycles. The van der Waals surface area contributed by atoms with Crippen molar-refractivity contribution < 1.29 is 5.11 Å². The van der Waals surface area contributed by atoms with Crippen LogP contribution in [0.2, 0.25) is 0 Å². The Kier molecular flexibility index (Phi) is 3.73. The average Bonchev–Trinajstić information content (AvgIpc) is 2.71. The topological polar surface area (TPSA) is 46.2 Å². The number of anilines is 1. The zero-order chi connectivity index (χ0) is 13.3. The largest absolute Gasteiger partial charge is 0.398 e. The number of hydrogen-bond acceptors (Lipinski definition) is 3. The van der Waals surface area contributed by atoms with Crippen molar-refractivity contribution >= 4 is 17.0 Å². The predicted octanol–water partition coefficient (Wildman–Crippen LogP) is 3.53. The van der Waals surface area contributed by atoms with Crippen LogP contribution in [0.3, 0.4) is 0 Å². The first-order valence-corrected chi connectivity index (χ1v) is 6.89. The van der Waals surface area contributed by atoms with Crippen molar-refractivity contribution in [1.82, 2.24) is 0 Å². The van der Waals surface area contributed by atoms with Gasteiger partial charge in [-0.15, -0.1) is 11.3 Å². The maximum Gasteiger partial charge on any atom is 0.0858 e. The third kappa shape index (κ3) is 2.57. The van der Waals surface area contributed by atoms with Gasteiger partial charge in [0.25, 0.3) is 0 Å². The van der Waals surface area contributed by atoms with Crippen LogP contribution in [0.25, 0.3) is 0 Å². The number of aliphatic hydroxyl groups excluding tert-OH is 1. The van der Waals surface area contributed by atoms with Gasteiger partial charge in [-0.2, -0.15) is 0 Å². The van der Waals surface area contributed by atoms with Gasteiger partial charge in [0.2, 0.25) is 0 Å². The molecule has 96 valence electrons. The quantitative estimate of drug-likeness (QED) is 0.830. The third-order valence-electron chi connectivity index (χ3n) is 3.37. The van der Waals surface area contributed by atoms with Crippen LogP contribution in [0, 0.1) is 20.8 Å². The summed E-state index contributed by atoms with van der Waals surface area (Å²) in [6.07, 6.45) is 0.105. The molecule has 0 amide bonds. The van der Waals surface area contributed by atoms with Gasteiger partial charge in [0.1, 0.15) is 0 Å². The minimum atomic E-state index is -0.526. The molecule has 0 fully saturated rings. The zero-order valence-corrected chi connectivity index (χ0v) is 11.8. The van der Waals surface area contributed by atoms with E-state index < -0.39 is 6.10 Å². The lowest BCUT2D eigenvalue weighted by molar-refractivity contribution is 0.180. The first-order valence-electron chi connectivity index (χ1n) is 6.08. The Hall–Kier alpha value is -1.32. The summed E-state index contributed by atoms with van der Waals surface area (Å²) >= 11 is 1.72. The Morgan fingerprint density at radius 2 is 1.89 bits per heavy atom. The van der Waals surface area contributed by atoms with Crippen molar-refractivity contribution in [3.8, 4) is 0 Å². The van der Waals surface area contributed by atoms with Crippen LogP contribution in [0.5, 0.6) is 0 Å². The second-order valence-electron chi connectivity index (χ2n) is 4.74. The minimum absolute atomic E-state index is 0.526. The first kappa shape index (κ1) is 13.1. The number of nitrogens with two attached hydrogens (primary N) is 1. The summed E-state index contributed by atoms with van der Waals surface area (Å²) in [7, 11) is 0. The summed E-state index contributed by atoms with van der Waals surface area (Å²) in [6, 6.07) is 8.10. The Balaban J connectivity index is 2.24.